The van der Waals surface area contributed by atoms with E-state index < -0.39 is 0 Å². The Morgan fingerprint density at radius 3 is 3.00 bits per heavy atom. The lowest BCUT2D eigenvalue weighted by Crippen LogP contribution is -2.15. The van der Waals surface area contributed by atoms with E-state index in [0.29, 0.717) is 5.92 Å². The van der Waals surface area contributed by atoms with Crippen molar-refractivity contribution in [3.63, 3.8) is 0 Å². The van der Waals surface area contributed by atoms with E-state index in [1.54, 1.807) is 18.6 Å². The Labute approximate surface area is 128 Å². The molecule has 22 heavy (non-hydrogen) atoms. The van der Waals surface area contributed by atoms with Gasteiger partial charge in [0.1, 0.15) is 17.7 Å². The van der Waals surface area contributed by atoms with E-state index in [9.17, 15) is 0 Å². The van der Waals surface area contributed by atoms with E-state index >= 15 is 0 Å². The summed E-state index contributed by atoms with van der Waals surface area (Å²) in [6, 6.07) is 1.92. The number of nitrogens with one attached hydrogen (secondary N) is 2. The average molecular weight is 295 g/mol. The van der Waals surface area contributed by atoms with E-state index in [0.717, 1.165) is 47.6 Å². The molecule has 6 heteroatoms. The summed E-state index contributed by atoms with van der Waals surface area (Å²) in [6.45, 7) is 2.83. The third kappa shape index (κ3) is 2.42. The second-order valence-electron chi connectivity index (χ2n) is 5.53. The maximum Gasteiger partial charge on any atom is 0.141 e. The molecule has 1 fully saturated rings. The van der Waals surface area contributed by atoms with Crippen LogP contribution >= 0.6 is 0 Å². The van der Waals surface area contributed by atoms with Gasteiger partial charge in [-0.1, -0.05) is 0 Å². The number of pyridine rings is 1. The first-order valence-electron chi connectivity index (χ1n) is 7.47. The van der Waals surface area contributed by atoms with Gasteiger partial charge in [-0.3, -0.25) is 0 Å². The second kappa shape index (κ2) is 5.73. The van der Waals surface area contributed by atoms with Crippen molar-refractivity contribution in [2.24, 2.45) is 5.92 Å². The minimum Gasteiger partial charge on any atom is -0.492 e. The highest BCUT2D eigenvalue weighted by Gasteiger charge is 2.17. The van der Waals surface area contributed by atoms with Gasteiger partial charge in [0.2, 0.25) is 0 Å². The van der Waals surface area contributed by atoms with Crippen molar-refractivity contribution in [2.45, 2.75) is 6.42 Å². The first-order chi connectivity index (χ1) is 10.9. The van der Waals surface area contributed by atoms with Crippen LogP contribution in [0.15, 0.2) is 37.2 Å². The fourth-order valence-electron chi connectivity index (χ4n) is 2.88. The Hall–Kier alpha value is -2.47. The molecule has 1 aliphatic heterocycles. The molecule has 0 radical (unpaired) electrons. The molecule has 0 saturated carbocycles. The normalized spacial score (nSPS) is 17.9. The SMILES string of the molecule is c1ncc(-c2c[nH]c3nccc(OC[C@H]4CCNC4)c23)cn1. The molecule has 2 N–H and O–H groups in total. The third-order valence-electron chi connectivity index (χ3n) is 4.04. The zero-order chi connectivity index (χ0) is 14.8. The van der Waals surface area contributed by atoms with Gasteiger partial charge in [0.25, 0.3) is 0 Å². The molecule has 3 aromatic heterocycles. The highest BCUT2D eigenvalue weighted by molar-refractivity contribution is 5.97. The van der Waals surface area contributed by atoms with Crippen LogP contribution in [-0.4, -0.2) is 39.6 Å². The number of aromatic amines is 1. The Morgan fingerprint density at radius 1 is 1.27 bits per heavy atom. The summed E-state index contributed by atoms with van der Waals surface area (Å²) in [5, 5.41) is 4.35. The van der Waals surface area contributed by atoms with Gasteiger partial charge in [0.15, 0.2) is 0 Å². The predicted octanol–water partition coefficient (Wildman–Crippen LogP) is 2.01. The van der Waals surface area contributed by atoms with Crippen LogP contribution in [0.1, 0.15) is 6.42 Å². The Balaban J connectivity index is 1.70. The molecule has 1 saturated heterocycles. The molecule has 6 nitrogen and oxygen atoms in total. The molecular formula is C16H17N5O. The molecule has 0 aromatic carbocycles. The average Bonchev–Trinajstić information content (AvgIpc) is 3.23. The van der Waals surface area contributed by atoms with Crippen molar-refractivity contribution in [3.05, 3.63) is 37.2 Å². The second-order valence-corrected chi connectivity index (χ2v) is 5.53. The van der Waals surface area contributed by atoms with Crippen molar-refractivity contribution in [2.75, 3.05) is 19.7 Å². The van der Waals surface area contributed by atoms with Gasteiger partial charge in [-0.05, 0) is 19.0 Å². The first-order valence-corrected chi connectivity index (χ1v) is 7.47. The number of rotatable bonds is 4. The molecule has 0 bridgehead atoms. The minimum atomic E-state index is 0.575. The number of H-pyrrole nitrogens is 1. The Morgan fingerprint density at radius 2 is 2.18 bits per heavy atom. The summed E-state index contributed by atoms with van der Waals surface area (Å²) in [6.07, 6.45) is 10.00. The molecular weight excluding hydrogens is 278 g/mol. The number of aromatic nitrogens is 4. The quantitative estimate of drug-likeness (QED) is 0.770. The van der Waals surface area contributed by atoms with Crippen LogP contribution in [0.4, 0.5) is 0 Å². The van der Waals surface area contributed by atoms with Crippen LogP contribution in [0, 0.1) is 5.92 Å². The number of nitrogens with zero attached hydrogens (tertiary/aromatic N) is 3. The van der Waals surface area contributed by atoms with Gasteiger partial charge < -0.3 is 15.0 Å². The monoisotopic (exact) mass is 295 g/mol. The van der Waals surface area contributed by atoms with E-state index in [1.165, 1.54) is 12.7 Å². The van der Waals surface area contributed by atoms with Crippen molar-refractivity contribution < 1.29 is 4.74 Å². The summed E-state index contributed by atoms with van der Waals surface area (Å²) in [5.74, 6) is 1.43. The number of hydrogen-bond acceptors (Lipinski definition) is 5. The summed E-state index contributed by atoms with van der Waals surface area (Å²) >= 11 is 0. The van der Waals surface area contributed by atoms with Crippen LogP contribution in [0.3, 0.4) is 0 Å². The smallest absolute Gasteiger partial charge is 0.141 e. The van der Waals surface area contributed by atoms with E-state index in [2.05, 4.69) is 25.3 Å². The highest BCUT2D eigenvalue weighted by Crippen LogP contribution is 2.34. The van der Waals surface area contributed by atoms with Gasteiger partial charge in [0, 0.05) is 48.4 Å². The van der Waals surface area contributed by atoms with Crippen molar-refractivity contribution >= 4 is 11.0 Å². The molecule has 1 aliphatic rings. The first kappa shape index (κ1) is 13.2. The van der Waals surface area contributed by atoms with Crippen LogP contribution in [-0.2, 0) is 0 Å². The lowest BCUT2D eigenvalue weighted by molar-refractivity contribution is 0.263. The molecule has 4 rings (SSSR count). The van der Waals surface area contributed by atoms with Gasteiger partial charge in [-0.2, -0.15) is 0 Å². The summed E-state index contributed by atoms with van der Waals surface area (Å²) in [5.41, 5.74) is 2.79. The lowest BCUT2D eigenvalue weighted by Gasteiger charge is -2.12. The number of hydrogen-bond donors (Lipinski definition) is 2. The standard InChI is InChI=1S/C16H17N5O/c1-3-17-5-11(1)9-22-14-2-4-20-16-15(14)13(8-21-16)12-6-18-10-19-7-12/h2,4,6-8,10-11,17H,1,3,5,9H2,(H,20,21)/t11-/m0/s1. The van der Waals surface area contributed by atoms with Crippen LogP contribution in [0.2, 0.25) is 0 Å². The van der Waals surface area contributed by atoms with E-state index in [1.807, 2.05) is 12.3 Å². The molecule has 1 atom stereocenters. The van der Waals surface area contributed by atoms with Crippen molar-refractivity contribution in [3.8, 4) is 16.9 Å². The van der Waals surface area contributed by atoms with Gasteiger partial charge in [0.05, 0.1) is 12.0 Å². The van der Waals surface area contributed by atoms with Gasteiger partial charge >= 0.3 is 0 Å². The lowest BCUT2D eigenvalue weighted by atomic mass is 10.1. The van der Waals surface area contributed by atoms with Crippen molar-refractivity contribution in [1.29, 1.82) is 0 Å². The number of fused-ring (bicyclic) bond motifs is 1. The maximum absolute atomic E-state index is 6.08. The summed E-state index contributed by atoms with van der Waals surface area (Å²) in [7, 11) is 0. The number of ether oxygens (including phenoxy) is 1. The van der Waals surface area contributed by atoms with E-state index in [-0.39, 0.29) is 0 Å². The van der Waals surface area contributed by atoms with Crippen LogP contribution < -0.4 is 10.1 Å². The molecule has 3 aromatic rings. The fraction of sp³-hybridized carbons (Fsp3) is 0.312. The largest absolute Gasteiger partial charge is 0.492 e. The maximum atomic E-state index is 6.08. The fourth-order valence-corrected chi connectivity index (χ4v) is 2.88. The Bertz CT molecular complexity index is 765. The minimum absolute atomic E-state index is 0.575. The predicted molar refractivity (Wildman–Crippen MR) is 83.6 cm³/mol. The molecule has 0 spiro atoms. The molecule has 0 aliphatic carbocycles. The van der Waals surface area contributed by atoms with Gasteiger partial charge in [-0.15, -0.1) is 0 Å². The third-order valence-corrected chi connectivity index (χ3v) is 4.04. The summed E-state index contributed by atoms with van der Waals surface area (Å²) in [4.78, 5) is 15.8. The zero-order valence-electron chi connectivity index (χ0n) is 12.1. The zero-order valence-corrected chi connectivity index (χ0v) is 12.1. The summed E-state index contributed by atoms with van der Waals surface area (Å²) < 4.78 is 6.08. The molecule has 112 valence electrons. The van der Waals surface area contributed by atoms with Crippen LogP contribution in [0.5, 0.6) is 5.75 Å². The van der Waals surface area contributed by atoms with Crippen molar-refractivity contribution in [1.82, 2.24) is 25.3 Å². The molecule has 0 amide bonds. The molecule has 4 heterocycles. The Kier molecular flexibility index (Phi) is 3.44. The molecule has 0 unspecified atom stereocenters. The topological polar surface area (TPSA) is 75.7 Å². The van der Waals surface area contributed by atoms with Gasteiger partial charge in [-0.25, -0.2) is 15.0 Å². The van der Waals surface area contributed by atoms with E-state index in [4.69, 9.17) is 4.74 Å². The van der Waals surface area contributed by atoms with Crippen LogP contribution in [0.25, 0.3) is 22.2 Å². The highest BCUT2D eigenvalue weighted by atomic mass is 16.5.